The van der Waals surface area contributed by atoms with Gasteiger partial charge in [0.15, 0.2) is 0 Å². The molecule has 0 radical (unpaired) electrons. The number of nitrogens with one attached hydrogen (secondary N) is 1. The normalized spacial score (nSPS) is 9.58. The van der Waals surface area contributed by atoms with E-state index in [0.29, 0.717) is 6.54 Å². The van der Waals surface area contributed by atoms with Crippen LogP contribution in [0.3, 0.4) is 0 Å². The number of amides is 2. The average Bonchev–Trinajstić information content (AvgIpc) is 2.10. The lowest BCUT2D eigenvalue weighted by Crippen LogP contribution is -2.28. The number of urea groups is 1. The first kappa shape index (κ1) is 11.8. The predicted octanol–water partition coefficient (Wildman–Crippen LogP) is 2.89. The molecule has 0 spiro atoms. The summed E-state index contributed by atoms with van der Waals surface area (Å²) in [6.07, 6.45) is 4.36. The lowest BCUT2D eigenvalue weighted by atomic mass is 10.2. The first-order chi connectivity index (χ1) is 5.72. The first-order valence-electron chi connectivity index (χ1n) is 4.06. The molecule has 0 fully saturated rings. The number of unbranched alkanes of at least 4 members (excludes halogenated alkanes) is 3. The zero-order chi connectivity index (χ0) is 9.40. The molecule has 3 nitrogen and oxygen atoms in total. The SMILES string of the molecule is CCCCCCN(Cl)C(=O)NCl. The van der Waals surface area contributed by atoms with Crippen molar-refractivity contribution >= 4 is 29.6 Å². The summed E-state index contributed by atoms with van der Waals surface area (Å²) in [6, 6.07) is -0.463. The largest absolute Gasteiger partial charge is 0.346 e. The molecule has 2 amide bonds. The van der Waals surface area contributed by atoms with Gasteiger partial charge in [0.25, 0.3) is 0 Å². The molecule has 0 aliphatic heterocycles. The zero-order valence-electron chi connectivity index (χ0n) is 7.15. The van der Waals surface area contributed by atoms with E-state index in [2.05, 4.69) is 6.92 Å². The van der Waals surface area contributed by atoms with E-state index in [9.17, 15) is 4.79 Å². The first-order valence-corrected chi connectivity index (χ1v) is 4.78. The summed E-state index contributed by atoms with van der Waals surface area (Å²) in [7, 11) is 0. The van der Waals surface area contributed by atoms with Crippen molar-refractivity contribution in [3.05, 3.63) is 0 Å². The molecule has 12 heavy (non-hydrogen) atoms. The van der Waals surface area contributed by atoms with E-state index in [1.807, 2.05) is 4.84 Å². The summed E-state index contributed by atoms with van der Waals surface area (Å²) < 4.78 is 1.06. The van der Waals surface area contributed by atoms with Gasteiger partial charge in [0, 0.05) is 30.1 Å². The Labute approximate surface area is 83.2 Å². The predicted molar refractivity (Wildman–Crippen MR) is 51.1 cm³/mol. The third-order valence-corrected chi connectivity index (χ3v) is 1.99. The van der Waals surface area contributed by atoms with Gasteiger partial charge in [-0.25, -0.2) is 14.0 Å². The molecule has 0 aromatic carbocycles. The van der Waals surface area contributed by atoms with Crippen LogP contribution in [0.15, 0.2) is 0 Å². The fraction of sp³-hybridized carbons (Fsp3) is 0.857. The van der Waals surface area contributed by atoms with Gasteiger partial charge in [-0.2, -0.15) is 0 Å². The van der Waals surface area contributed by atoms with Crippen LogP contribution >= 0.6 is 23.6 Å². The number of hydrogen-bond acceptors (Lipinski definition) is 1. The summed E-state index contributed by atoms with van der Waals surface area (Å²) in [4.78, 5) is 12.7. The quantitative estimate of drug-likeness (QED) is 0.552. The smallest absolute Gasteiger partial charge is 0.249 e. The van der Waals surface area contributed by atoms with Crippen molar-refractivity contribution in [2.24, 2.45) is 0 Å². The van der Waals surface area contributed by atoms with Crippen molar-refractivity contribution in [1.29, 1.82) is 0 Å². The minimum atomic E-state index is -0.463. The van der Waals surface area contributed by atoms with Crippen molar-refractivity contribution in [3.63, 3.8) is 0 Å². The number of carbonyl (C=O) groups is 1. The Balaban J connectivity index is 3.31. The average molecular weight is 213 g/mol. The van der Waals surface area contributed by atoms with Crippen molar-refractivity contribution in [2.75, 3.05) is 6.54 Å². The maximum Gasteiger partial charge on any atom is 0.346 e. The second-order valence-corrected chi connectivity index (χ2v) is 3.14. The van der Waals surface area contributed by atoms with E-state index in [4.69, 9.17) is 23.6 Å². The highest BCUT2D eigenvalue weighted by atomic mass is 35.5. The number of carbonyl (C=O) groups excluding carboxylic acids is 1. The van der Waals surface area contributed by atoms with Crippen LogP contribution in [-0.4, -0.2) is 17.0 Å². The Kier molecular flexibility index (Phi) is 7.40. The minimum absolute atomic E-state index is 0.463. The van der Waals surface area contributed by atoms with Gasteiger partial charge in [0.1, 0.15) is 0 Å². The Morgan fingerprint density at radius 2 is 2.08 bits per heavy atom. The highest BCUT2D eigenvalue weighted by Gasteiger charge is 2.07. The molecule has 0 heterocycles. The van der Waals surface area contributed by atoms with Gasteiger partial charge in [-0.05, 0) is 6.42 Å². The highest BCUT2D eigenvalue weighted by molar-refractivity contribution is 6.27. The van der Waals surface area contributed by atoms with Gasteiger partial charge >= 0.3 is 6.03 Å². The summed E-state index contributed by atoms with van der Waals surface area (Å²) >= 11 is 10.6. The maximum atomic E-state index is 10.7. The van der Waals surface area contributed by atoms with Crippen LogP contribution in [0.25, 0.3) is 0 Å². The number of hydrogen-bond donors (Lipinski definition) is 1. The summed E-state index contributed by atoms with van der Waals surface area (Å²) in [5.41, 5.74) is 0. The summed E-state index contributed by atoms with van der Waals surface area (Å²) in [5.74, 6) is 0. The molecular formula is C7H14Cl2N2O. The van der Waals surface area contributed by atoms with Crippen LogP contribution in [-0.2, 0) is 0 Å². The van der Waals surface area contributed by atoms with E-state index in [1.165, 1.54) is 12.8 Å². The Hall–Kier alpha value is -0.150. The molecule has 0 aliphatic carbocycles. The van der Waals surface area contributed by atoms with Crippen LogP contribution in [0, 0.1) is 0 Å². The van der Waals surface area contributed by atoms with Crippen molar-refractivity contribution in [1.82, 2.24) is 9.25 Å². The second kappa shape index (κ2) is 7.50. The maximum absolute atomic E-state index is 10.7. The molecule has 0 aromatic heterocycles. The Morgan fingerprint density at radius 1 is 1.42 bits per heavy atom. The topological polar surface area (TPSA) is 32.3 Å². The van der Waals surface area contributed by atoms with Crippen LogP contribution in [0.5, 0.6) is 0 Å². The molecule has 5 heteroatoms. The molecule has 0 atom stereocenters. The van der Waals surface area contributed by atoms with Gasteiger partial charge in [0.05, 0.1) is 0 Å². The third-order valence-electron chi connectivity index (χ3n) is 1.51. The summed E-state index contributed by atoms with van der Waals surface area (Å²) in [6.45, 7) is 2.67. The van der Waals surface area contributed by atoms with Gasteiger partial charge < -0.3 is 0 Å². The van der Waals surface area contributed by atoms with Crippen LogP contribution in [0.1, 0.15) is 32.6 Å². The lowest BCUT2D eigenvalue weighted by molar-refractivity contribution is 0.229. The standard InChI is InChI=1S/C7H14Cl2N2O/c1-2-3-4-5-6-11(9)7(12)10-8/h2-6H2,1H3,(H,10,12). The fourth-order valence-corrected chi connectivity index (χ4v) is 1.13. The number of rotatable bonds is 5. The van der Waals surface area contributed by atoms with E-state index >= 15 is 0 Å². The molecule has 0 bridgehead atoms. The summed E-state index contributed by atoms with van der Waals surface area (Å²) in [5, 5.41) is 0. The van der Waals surface area contributed by atoms with Gasteiger partial charge in [-0.3, -0.25) is 0 Å². The Bertz CT molecular complexity index is 133. The van der Waals surface area contributed by atoms with Crippen molar-refractivity contribution < 1.29 is 4.79 Å². The van der Waals surface area contributed by atoms with E-state index in [-0.39, 0.29) is 0 Å². The molecule has 0 aliphatic rings. The van der Waals surface area contributed by atoms with E-state index in [1.54, 1.807) is 0 Å². The van der Waals surface area contributed by atoms with Gasteiger partial charge in [-0.15, -0.1) is 0 Å². The zero-order valence-corrected chi connectivity index (χ0v) is 8.66. The van der Waals surface area contributed by atoms with Crippen LogP contribution in [0.2, 0.25) is 0 Å². The second-order valence-electron chi connectivity index (χ2n) is 2.55. The molecule has 72 valence electrons. The Morgan fingerprint density at radius 3 is 2.58 bits per heavy atom. The highest BCUT2D eigenvalue weighted by Crippen LogP contribution is 2.03. The van der Waals surface area contributed by atoms with Crippen LogP contribution < -0.4 is 4.84 Å². The van der Waals surface area contributed by atoms with E-state index < -0.39 is 6.03 Å². The number of halogens is 2. The fourth-order valence-electron chi connectivity index (χ4n) is 0.825. The van der Waals surface area contributed by atoms with E-state index in [0.717, 1.165) is 17.3 Å². The molecule has 0 unspecified atom stereocenters. The monoisotopic (exact) mass is 212 g/mol. The number of nitrogens with zero attached hydrogens (tertiary/aromatic N) is 1. The van der Waals surface area contributed by atoms with Gasteiger partial charge in [-0.1, -0.05) is 26.2 Å². The minimum Gasteiger partial charge on any atom is -0.249 e. The molecule has 0 saturated carbocycles. The molecular weight excluding hydrogens is 199 g/mol. The molecule has 1 N–H and O–H groups in total. The van der Waals surface area contributed by atoms with Crippen molar-refractivity contribution in [2.45, 2.75) is 32.6 Å². The molecule has 0 aromatic rings. The van der Waals surface area contributed by atoms with Crippen LogP contribution in [0.4, 0.5) is 4.79 Å². The third kappa shape index (κ3) is 5.49. The lowest BCUT2D eigenvalue weighted by Gasteiger charge is -2.11. The van der Waals surface area contributed by atoms with Gasteiger partial charge in [0.2, 0.25) is 0 Å². The molecule has 0 saturated heterocycles. The molecule has 0 rings (SSSR count). The van der Waals surface area contributed by atoms with Crippen molar-refractivity contribution in [3.8, 4) is 0 Å².